The number of carbonyl (C=O) groups is 1. The largest absolute Gasteiger partial charge is 0.508 e. The number of Topliss-reactive ketones (excluding diaryl/α,β-unsaturated/α-hetero) is 1. The van der Waals surface area contributed by atoms with E-state index in [0.29, 0.717) is 0 Å². The van der Waals surface area contributed by atoms with Crippen molar-refractivity contribution in [1.82, 2.24) is 0 Å². The van der Waals surface area contributed by atoms with E-state index in [2.05, 4.69) is 0 Å². The van der Waals surface area contributed by atoms with Crippen molar-refractivity contribution in [2.75, 3.05) is 7.11 Å². The first-order chi connectivity index (χ1) is 7.04. The first-order valence-electron chi connectivity index (χ1n) is 4.62. The minimum atomic E-state index is -0.252. The molecule has 1 aromatic carbocycles. The van der Waals surface area contributed by atoms with Gasteiger partial charge in [0.1, 0.15) is 11.5 Å². The fourth-order valence-electron chi connectivity index (χ4n) is 1.20. The number of phenols is 2. The molecular weight excluding hydrogens is 196 g/mol. The van der Waals surface area contributed by atoms with Gasteiger partial charge in [-0.1, -0.05) is 0 Å². The van der Waals surface area contributed by atoms with Crippen LogP contribution < -0.4 is 0 Å². The number of hydrogen-bond acceptors (Lipinski definition) is 4. The number of carbonyl (C=O) groups excluding carboxylic acids is 1. The Hall–Kier alpha value is -1.55. The molecule has 0 bridgehead atoms. The first kappa shape index (κ1) is 11.5. The summed E-state index contributed by atoms with van der Waals surface area (Å²) in [5.41, 5.74) is 0.124. The number of phenolic OH excluding ortho intramolecular Hbond substituents is 2. The van der Waals surface area contributed by atoms with Gasteiger partial charge in [0.2, 0.25) is 0 Å². The third kappa shape index (κ3) is 2.95. The second-order valence-electron chi connectivity index (χ2n) is 3.38. The van der Waals surface area contributed by atoms with Crippen molar-refractivity contribution in [2.45, 2.75) is 19.4 Å². The van der Waals surface area contributed by atoms with Crippen molar-refractivity contribution < 1.29 is 19.7 Å². The molecule has 0 aliphatic carbocycles. The maximum Gasteiger partial charge on any atom is 0.169 e. The van der Waals surface area contributed by atoms with E-state index in [-0.39, 0.29) is 35.4 Å². The fraction of sp³-hybridized carbons (Fsp3) is 0.364. The summed E-state index contributed by atoms with van der Waals surface area (Å²) >= 11 is 0. The Morgan fingerprint density at radius 3 is 2.73 bits per heavy atom. The molecule has 0 saturated carbocycles. The molecule has 0 spiro atoms. The number of ketones is 1. The van der Waals surface area contributed by atoms with Crippen LogP contribution in [-0.4, -0.2) is 29.2 Å². The van der Waals surface area contributed by atoms with Crippen LogP contribution >= 0.6 is 0 Å². The Labute approximate surface area is 88.1 Å². The number of hydrogen-bond donors (Lipinski definition) is 2. The molecule has 4 heteroatoms. The lowest BCUT2D eigenvalue weighted by molar-refractivity contribution is 0.0789. The van der Waals surface area contributed by atoms with Gasteiger partial charge in [0.05, 0.1) is 11.7 Å². The van der Waals surface area contributed by atoms with Gasteiger partial charge >= 0.3 is 0 Å². The molecule has 15 heavy (non-hydrogen) atoms. The Kier molecular flexibility index (Phi) is 3.68. The zero-order valence-electron chi connectivity index (χ0n) is 8.73. The maximum atomic E-state index is 11.6. The van der Waals surface area contributed by atoms with Gasteiger partial charge in [-0.25, -0.2) is 0 Å². The van der Waals surface area contributed by atoms with E-state index in [4.69, 9.17) is 4.74 Å². The molecule has 0 unspecified atom stereocenters. The summed E-state index contributed by atoms with van der Waals surface area (Å²) in [6.07, 6.45) is -0.0349. The average Bonchev–Trinajstić information content (AvgIpc) is 2.21. The number of ether oxygens (including phenoxy) is 1. The third-order valence-electron chi connectivity index (χ3n) is 2.16. The van der Waals surface area contributed by atoms with Gasteiger partial charge < -0.3 is 14.9 Å². The number of aromatic hydroxyl groups is 2. The summed E-state index contributed by atoms with van der Waals surface area (Å²) in [5, 5.41) is 18.6. The van der Waals surface area contributed by atoms with Gasteiger partial charge in [-0.2, -0.15) is 0 Å². The molecule has 0 amide bonds. The lowest BCUT2D eigenvalue weighted by Crippen LogP contribution is -2.12. The molecule has 0 heterocycles. The normalized spacial score (nSPS) is 12.4. The Balaban J connectivity index is 2.86. The molecule has 0 aliphatic rings. The number of rotatable bonds is 4. The molecule has 1 rings (SSSR count). The Morgan fingerprint density at radius 2 is 2.13 bits per heavy atom. The average molecular weight is 210 g/mol. The standard InChI is InChI=1S/C11H14O4/c1-7(15-2)5-11(14)9-6-8(12)3-4-10(9)13/h3-4,6-7,12-13H,5H2,1-2H3/t7-/m1/s1. The van der Waals surface area contributed by atoms with Crippen LogP contribution in [0, 0.1) is 0 Å². The van der Waals surface area contributed by atoms with E-state index in [9.17, 15) is 15.0 Å². The summed E-state index contributed by atoms with van der Waals surface area (Å²) in [6.45, 7) is 1.76. The lowest BCUT2D eigenvalue weighted by atomic mass is 10.0. The molecule has 1 atom stereocenters. The van der Waals surface area contributed by atoms with Gasteiger partial charge in [0.25, 0.3) is 0 Å². The summed E-state index contributed by atoms with van der Waals surface area (Å²) < 4.78 is 4.95. The number of methoxy groups -OCH3 is 1. The molecular formula is C11H14O4. The predicted molar refractivity (Wildman–Crippen MR) is 55.2 cm³/mol. The van der Waals surface area contributed by atoms with Gasteiger partial charge in [-0.15, -0.1) is 0 Å². The smallest absolute Gasteiger partial charge is 0.169 e. The predicted octanol–water partition coefficient (Wildman–Crippen LogP) is 1.71. The molecule has 0 saturated heterocycles. The van der Waals surface area contributed by atoms with E-state index in [1.54, 1.807) is 6.92 Å². The highest BCUT2D eigenvalue weighted by molar-refractivity contribution is 5.99. The summed E-state index contributed by atoms with van der Waals surface area (Å²) in [4.78, 5) is 11.6. The van der Waals surface area contributed by atoms with Crippen LogP contribution in [0.2, 0.25) is 0 Å². The topological polar surface area (TPSA) is 66.8 Å². The molecule has 0 fully saturated rings. The second kappa shape index (κ2) is 4.79. The van der Waals surface area contributed by atoms with Crippen LogP contribution in [0.4, 0.5) is 0 Å². The highest BCUT2D eigenvalue weighted by Gasteiger charge is 2.14. The molecule has 0 aliphatic heterocycles. The van der Waals surface area contributed by atoms with Crippen molar-refractivity contribution in [2.24, 2.45) is 0 Å². The molecule has 82 valence electrons. The summed E-state index contributed by atoms with van der Waals surface area (Å²) in [7, 11) is 1.51. The van der Waals surface area contributed by atoms with Crippen molar-refractivity contribution in [1.29, 1.82) is 0 Å². The first-order valence-corrected chi connectivity index (χ1v) is 4.62. The summed E-state index contributed by atoms with van der Waals surface area (Å²) in [6, 6.07) is 3.87. The number of benzene rings is 1. The van der Waals surface area contributed by atoms with Gasteiger partial charge in [-0.05, 0) is 25.1 Å². The zero-order valence-corrected chi connectivity index (χ0v) is 8.73. The van der Waals surface area contributed by atoms with E-state index in [1.165, 1.54) is 25.3 Å². The van der Waals surface area contributed by atoms with Crippen LogP contribution in [0.3, 0.4) is 0 Å². The third-order valence-corrected chi connectivity index (χ3v) is 2.16. The molecule has 4 nitrogen and oxygen atoms in total. The van der Waals surface area contributed by atoms with Gasteiger partial charge in [0, 0.05) is 13.5 Å². The van der Waals surface area contributed by atoms with Crippen LogP contribution in [0.25, 0.3) is 0 Å². The van der Waals surface area contributed by atoms with E-state index in [0.717, 1.165) is 0 Å². The van der Waals surface area contributed by atoms with Crippen LogP contribution in [-0.2, 0) is 4.74 Å². The SMILES string of the molecule is CO[C@H](C)CC(=O)c1cc(O)ccc1O. The minimum Gasteiger partial charge on any atom is -0.508 e. The zero-order chi connectivity index (χ0) is 11.4. The van der Waals surface area contributed by atoms with E-state index < -0.39 is 0 Å². The Bertz CT molecular complexity index is 360. The van der Waals surface area contributed by atoms with Crippen molar-refractivity contribution in [3.05, 3.63) is 23.8 Å². The quantitative estimate of drug-likeness (QED) is 0.586. The van der Waals surface area contributed by atoms with Gasteiger partial charge in [-0.3, -0.25) is 4.79 Å². The Morgan fingerprint density at radius 1 is 1.47 bits per heavy atom. The van der Waals surface area contributed by atoms with Crippen molar-refractivity contribution in [3.63, 3.8) is 0 Å². The highest BCUT2D eigenvalue weighted by Crippen LogP contribution is 2.23. The molecule has 1 aromatic rings. The second-order valence-corrected chi connectivity index (χ2v) is 3.38. The maximum absolute atomic E-state index is 11.6. The van der Waals surface area contributed by atoms with Gasteiger partial charge in [0.15, 0.2) is 5.78 Å². The molecule has 0 aromatic heterocycles. The minimum absolute atomic E-state index is 0.0405. The lowest BCUT2D eigenvalue weighted by Gasteiger charge is -2.09. The van der Waals surface area contributed by atoms with Crippen LogP contribution in [0.5, 0.6) is 11.5 Å². The fourth-order valence-corrected chi connectivity index (χ4v) is 1.20. The highest BCUT2D eigenvalue weighted by atomic mass is 16.5. The molecule has 2 N–H and O–H groups in total. The van der Waals surface area contributed by atoms with E-state index in [1.807, 2.05) is 0 Å². The van der Waals surface area contributed by atoms with Crippen LogP contribution in [0.1, 0.15) is 23.7 Å². The molecule has 0 radical (unpaired) electrons. The summed E-state index contributed by atoms with van der Waals surface area (Å²) in [5.74, 6) is -0.417. The van der Waals surface area contributed by atoms with Crippen LogP contribution in [0.15, 0.2) is 18.2 Å². The monoisotopic (exact) mass is 210 g/mol. The van der Waals surface area contributed by atoms with Crippen molar-refractivity contribution in [3.8, 4) is 11.5 Å². The van der Waals surface area contributed by atoms with E-state index >= 15 is 0 Å². The van der Waals surface area contributed by atoms with Crippen molar-refractivity contribution >= 4 is 5.78 Å².